The van der Waals surface area contributed by atoms with Crippen LogP contribution in [0.1, 0.15) is 31.7 Å². The minimum atomic E-state index is -0.907. The van der Waals surface area contributed by atoms with E-state index in [4.69, 9.17) is 14.6 Å². The van der Waals surface area contributed by atoms with Crippen molar-refractivity contribution in [3.8, 4) is 5.75 Å². The van der Waals surface area contributed by atoms with E-state index in [1.54, 1.807) is 11.0 Å². The molecule has 1 heterocycles. The number of benzene rings is 1. The number of hydrogen-bond acceptors (Lipinski definition) is 4. The SMILES string of the molecule is CCOc1ccccc1/C=C/C(=O)N(CCC(=O)O)C1CCOCC1. The van der Waals surface area contributed by atoms with Crippen LogP contribution in [0.2, 0.25) is 0 Å². The predicted octanol–water partition coefficient (Wildman–Crippen LogP) is 2.58. The van der Waals surface area contributed by atoms with Crippen LogP contribution in [0.15, 0.2) is 30.3 Å². The van der Waals surface area contributed by atoms with Gasteiger partial charge in [-0.3, -0.25) is 9.59 Å². The molecule has 0 saturated carbocycles. The molecule has 6 heteroatoms. The molecule has 1 aromatic rings. The molecule has 136 valence electrons. The monoisotopic (exact) mass is 347 g/mol. The molecule has 1 saturated heterocycles. The van der Waals surface area contributed by atoms with Crippen LogP contribution >= 0.6 is 0 Å². The van der Waals surface area contributed by atoms with E-state index in [0.29, 0.717) is 19.8 Å². The van der Waals surface area contributed by atoms with Gasteiger partial charge in [0.1, 0.15) is 5.75 Å². The van der Waals surface area contributed by atoms with Crippen molar-refractivity contribution in [1.82, 2.24) is 4.90 Å². The lowest BCUT2D eigenvalue weighted by Crippen LogP contribution is -2.43. The third-order valence-corrected chi connectivity index (χ3v) is 4.11. The minimum Gasteiger partial charge on any atom is -0.493 e. The molecule has 0 aliphatic carbocycles. The van der Waals surface area contributed by atoms with Gasteiger partial charge in [0, 0.05) is 37.4 Å². The van der Waals surface area contributed by atoms with Crippen LogP contribution in [0, 0.1) is 0 Å². The normalized spacial score (nSPS) is 15.2. The van der Waals surface area contributed by atoms with Gasteiger partial charge in [-0.25, -0.2) is 0 Å². The maximum absolute atomic E-state index is 12.7. The molecule has 25 heavy (non-hydrogen) atoms. The van der Waals surface area contributed by atoms with Crippen molar-refractivity contribution in [1.29, 1.82) is 0 Å². The summed E-state index contributed by atoms with van der Waals surface area (Å²) in [6.07, 6.45) is 4.62. The van der Waals surface area contributed by atoms with E-state index in [2.05, 4.69) is 0 Å². The summed E-state index contributed by atoms with van der Waals surface area (Å²) in [6.45, 7) is 3.85. The molecule has 0 bridgehead atoms. The van der Waals surface area contributed by atoms with Gasteiger partial charge in [-0.2, -0.15) is 0 Å². The average Bonchev–Trinajstić information content (AvgIpc) is 2.62. The second kappa shape index (κ2) is 9.84. The van der Waals surface area contributed by atoms with Crippen LogP contribution in [0.25, 0.3) is 6.08 Å². The highest BCUT2D eigenvalue weighted by Crippen LogP contribution is 2.20. The van der Waals surface area contributed by atoms with Gasteiger partial charge in [-0.15, -0.1) is 0 Å². The Balaban J connectivity index is 2.11. The molecule has 1 N–H and O–H groups in total. The molecule has 0 atom stereocenters. The Kier molecular flexibility index (Phi) is 7.47. The highest BCUT2D eigenvalue weighted by Gasteiger charge is 2.24. The molecule has 1 aliphatic rings. The zero-order valence-corrected chi connectivity index (χ0v) is 14.5. The van der Waals surface area contributed by atoms with Crippen molar-refractivity contribution in [2.45, 2.75) is 32.2 Å². The Hall–Kier alpha value is -2.34. The zero-order valence-electron chi connectivity index (χ0n) is 14.5. The van der Waals surface area contributed by atoms with Crippen LogP contribution in [0.4, 0.5) is 0 Å². The molecule has 1 aliphatic heterocycles. The number of carboxylic acid groups (broad SMARTS) is 1. The van der Waals surface area contributed by atoms with Gasteiger partial charge < -0.3 is 19.5 Å². The van der Waals surface area contributed by atoms with Crippen molar-refractivity contribution in [3.05, 3.63) is 35.9 Å². The first-order valence-electron chi connectivity index (χ1n) is 8.62. The second-order valence-electron chi connectivity index (χ2n) is 5.82. The number of carboxylic acids is 1. The van der Waals surface area contributed by atoms with Crippen molar-refractivity contribution >= 4 is 18.0 Å². The van der Waals surface area contributed by atoms with E-state index in [1.807, 2.05) is 31.2 Å². The Morgan fingerprint density at radius 2 is 2.04 bits per heavy atom. The maximum atomic E-state index is 12.7. The van der Waals surface area contributed by atoms with Gasteiger partial charge in [-0.05, 0) is 31.9 Å². The van der Waals surface area contributed by atoms with Crippen LogP contribution < -0.4 is 4.74 Å². The number of aliphatic carboxylic acids is 1. The molecule has 1 amide bonds. The molecular formula is C19H25NO5. The molecule has 0 radical (unpaired) electrons. The number of nitrogens with zero attached hydrogens (tertiary/aromatic N) is 1. The Bertz CT molecular complexity index is 608. The molecule has 1 fully saturated rings. The van der Waals surface area contributed by atoms with Gasteiger partial charge in [-0.1, -0.05) is 18.2 Å². The van der Waals surface area contributed by atoms with E-state index in [1.165, 1.54) is 6.08 Å². The van der Waals surface area contributed by atoms with Crippen molar-refractivity contribution in [2.24, 2.45) is 0 Å². The fraction of sp³-hybridized carbons (Fsp3) is 0.474. The maximum Gasteiger partial charge on any atom is 0.305 e. The van der Waals surface area contributed by atoms with E-state index < -0.39 is 5.97 Å². The lowest BCUT2D eigenvalue weighted by Gasteiger charge is -2.33. The Labute approximate surface area is 148 Å². The number of hydrogen-bond donors (Lipinski definition) is 1. The topological polar surface area (TPSA) is 76.1 Å². The van der Waals surface area contributed by atoms with Gasteiger partial charge in [0.15, 0.2) is 0 Å². The van der Waals surface area contributed by atoms with Gasteiger partial charge in [0.25, 0.3) is 0 Å². The summed E-state index contributed by atoms with van der Waals surface area (Å²) in [5.74, 6) is -0.368. The lowest BCUT2D eigenvalue weighted by atomic mass is 10.1. The van der Waals surface area contributed by atoms with Crippen LogP contribution in [0.5, 0.6) is 5.75 Å². The number of amides is 1. The summed E-state index contributed by atoms with van der Waals surface area (Å²) >= 11 is 0. The van der Waals surface area contributed by atoms with Crippen molar-refractivity contribution in [2.75, 3.05) is 26.4 Å². The summed E-state index contributed by atoms with van der Waals surface area (Å²) in [6, 6.07) is 7.52. The van der Waals surface area contributed by atoms with Crippen molar-refractivity contribution < 1.29 is 24.2 Å². The Morgan fingerprint density at radius 1 is 1.32 bits per heavy atom. The summed E-state index contributed by atoms with van der Waals surface area (Å²) in [5.41, 5.74) is 0.822. The number of para-hydroxylation sites is 1. The molecule has 6 nitrogen and oxygen atoms in total. The fourth-order valence-electron chi connectivity index (χ4n) is 2.85. The van der Waals surface area contributed by atoms with E-state index >= 15 is 0 Å². The summed E-state index contributed by atoms with van der Waals surface area (Å²) in [7, 11) is 0. The molecular weight excluding hydrogens is 322 g/mol. The molecule has 0 spiro atoms. The van der Waals surface area contributed by atoms with Gasteiger partial charge in [0.2, 0.25) is 5.91 Å². The van der Waals surface area contributed by atoms with E-state index in [-0.39, 0.29) is 24.9 Å². The summed E-state index contributed by atoms with van der Waals surface area (Å²) < 4.78 is 10.9. The first kappa shape index (κ1) is 19.0. The second-order valence-corrected chi connectivity index (χ2v) is 5.82. The van der Waals surface area contributed by atoms with Crippen LogP contribution in [-0.4, -0.2) is 54.3 Å². The summed E-state index contributed by atoms with van der Waals surface area (Å²) in [4.78, 5) is 25.2. The molecule has 0 unspecified atom stereocenters. The van der Waals surface area contributed by atoms with Crippen LogP contribution in [-0.2, 0) is 14.3 Å². The molecule has 2 rings (SSSR count). The van der Waals surface area contributed by atoms with Crippen LogP contribution in [0.3, 0.4) is 0 Å². The first-order chi connectivity index (χ1) is 12.1. The lowest BCUT2D eigenvalue weighted by molar-refractivity contribution is -0.138. The van der Waals surface area contributed by atoms with Gasteiger partial charge in [0.05, 0.1) is 13.0 Å². The molecule has 0 aromatic heterocycles. The third kappa shape index (κ3) is 5.90. The summed E-state index contributed by atoms with van der Waals surface area (Å²) in [5, 5.41) is 8.95. The number of ether oxygens (including phenoxy) is 2. The fourth-order valence-corrected chi connectivity index (χ4v) is 2.85. The first-order valence-corrected chi connectivity index (χ1v) is 8.62. The number of carbonyl (C=O) groups is 2. The van der Waals surface area contributed by atoms with Gasteiger partial charge >= 0.3 is 5.97 Å². The predicted molar refractivity (Wildman–Crippen MR) is 94.5 cm³/mol. The molecule has 1 aromatic carbocycles. The largest absolute Gasteiger partial charge is 0.493 e. The quantitative estimate of drug-likeness (QED) is 0.732. The highest BCUT2D eigenvalue weighted by atomic mass is 16.5. The number of carbonyl (C=O) groups excluding carboxylic acids is 1. The minimum absolute atomic E-state index is 0.0207. The smallest absolute Gasteiger partial charge is 0.305 e. The number of rotatable bonds is 8. The average molecular weight is 347 g/mol. The standard InChI is InChI=1S/C19H25NO5/c1-2-25-17-6-4-3-5-15(17)7-8-18(21)20(12-9-19(22)23)16-10-13-24-14-11-16/h3-8,16H,2,9-14H2,1H3,(H,22,23)/b8-7+. The van der Waals surface area contributed by atoms with Crippen molar-refractivity contribution in [3.63, 3.8) is 0 Å². The Morgan fingerprint density at radius 3 is 2.72 bits per heavy atom. The highest BCUT2D eigenvalue weighted by molar-refractivity contribution is 5.92. The van der Waals surface area contributed by atoms with E-state index in [0.717, 1.165) is 24.2 Å². The van der Waals surface area contributed by atoms with E-state index in [9.17, 15) is 9.59 Å². The zero-order chi connectivity index (χ0) is 18.1. The third-order valence-electron chi connectivity index (χ3n) is 4.11.